The minimum absolute atomic E-state index is 1.17. The molecule has 0 amide bonds. The lowest BCUT2D eigenvalue weighted by molar-refractivity contribution is 0.896. The summed E-state index contributed by atoms with van der Waals surface area (Å²) < 4.78 is 0. The minimum Gasteiger partial charge on any atom is -0.157 e. The highest BCUT2D eigenvalue weighted by Gasteiger charge is 1.96. The molecule has 102 valence electrons. The summed E-state index contributed by atoms with van der Waals surface area (Å²) in [5, 5.41) is 0. The van der Waals surface area contributed by atoms with Crippen LogP contribution < -0.4 is 0 Å². The van der Waals surface area contributed by atoms with Gasteiger partial charge in [0, 0.05) is 11.5 Å². The SMILES string of the molecule is CCCCSCc1ccc(CSCCCC)cc1. The fourth-order valence-corrected chi connectivity index (χ4v) is 3.74. The fourth-order valence-electron chi connectivity index (χ4n) is 1.60. The van der Waals surface area contributed by atoms with E-state index in [1.54, 1.807) is 0 Å². The topological polar surface area (TPSA) is 0 Å². The Morgan fingerprint density at radius 2 is 1.11 bits per heavy atom. The predicted molar refractivity (Wildman–Crippen MR) is 88.6 cm³/mol. The van der Waals surface area contributed by atoms with Gasteiger partial charge in [-0.05, 0) is 35.5 Å². The third-order valence-electron chi connectivity index (χ3n) is 2.84. The van der Waals surface area contributed by atoms with Gasteiger partial charge < -0.3 is 0 Å². The third kappa shape index (κ3) is 7.38. The van der Waals surface area contributed by atoms with Crippen LogP contribution in [-0.2, 0) is 11.5 Å². The van der Waals surface area contributed by atoms with Crippen molar-refractivity contribution in [1.29, 1.82) is 0 Å². The van der Waals surface area contributed by atoms with Crippen LogP contribution in [0.25, 0.3) is 0 Å². The molecular formula is C16H26S2. The first-order valence-corrected chi connectivity index (χ1v) is 9.41. The molecule has 0 nitrogen and oxygen atoms in total. The van der Waals surface area contributed by atoms with Gasteiger partial charge >= 0.3 is 0 Å². The van der Waals surface area contributed by atoms with E-state index in [0.717, 1.165) is 0 Å². The van der Waals surface area contributed by atoms with E-state index in [9.17, 15) is 0 Å². The summed E-state index contributed by atoms with van der Waals surface area (Å²) in [7, 11) is 0. The lowest BCUT2D eigenvalue weighted by Crippen LogP contribution is -1.86. The molecule has 0 N–H and O–H groups in total. The second-order valence-corrected chi connectivity index (χ2v) is 6.84. The zero-order chi connectivity index (χ0) is 13.1. The Hall–Kier alpha value is -0.0800. The highest BCUT2D eigenvalue weighted by molar-refractivity contribution is 7.98. The number of benzene rings is 1. The number of unbranched alkanes of at least 4 members (excludes halogenated alkanes) is 2. The van der Waals surface area contributed by atoms with Crippen LogP contribution >= 0.6 is 23.5 Å². The highest BCUT2D eigenvalue weighted by atomic mass is 32.2. The van der Waals surface area contributed by atoms with Crippen LogP contribution in [0.5, 0.6) is 0 Å². The van der Waals surface area contributed by atoms with Gasteiger partial charge in [-0.15, -0.1) is 0 Å². The van der Waals surface area contributed by atoms with Gasteiger partial charge in [-0.25, -0.2) is 0 Å². The molecule has 18 heavy (non-hydrogen) atoms. The van der Waals surface area contributed by atoms with Crippen molar-refractivity contribution < 1.29 is 0 Å². The maximum Gasteiger partial charge on any atom is 0.0184 e. The van der Waals surface area contributed by atoms with Crippen LogP contribution in [0.1, 0.15) is 50.7 Å². The van der Waals surface area contributed by atoms with Crippen LogP contribution in [0.4, 0.5) is 0 Å². The van der Waals surface area contributed by atoms with Crippen molar-refractivity contribution in [3.63, 3.8) is 0 Å². The smallest absolute Gasteiger partial charge is 0.0184 e. The van der Waals surface area contributed by atoms with Gasteiger partial charge in [-0.3, -0.25) is 0 Å². The minimum atomic E-state index is 1.17. The molecule has 2 heteroatoms. The van der Waals surface area contributed by atoms with Crippen molar-refractivity contribution in [3.8, 4) is 0 Å². The van der Waals surface area contributed by atoms with Gasteiger partial charge in [0.2, 0.25) is 0 Å². The van der Waals surface area contributed by atoms with E-state index >= 15 is 0 Å². The molecule has 0 radical (unpaired) electrons. The Bertz CT molecular complexity index is 261. The first-order valence-electron chi connectivity index (χ1n) is 7.10. The summed E-state index contributed by atoms with van der Waals surface area (Å²) in [6.45, 7) is 4.51. The van der Waals surface area contributed by atoms with Gasteiger partial charge in [-0.1, -0.05) is 51.0 Å². The summed E-state index contributed by atoms with van der Waals surface area (Å²) in [4.78, 5) is 0. The van der Waals surface area contributed by atoms with Crippen molar-refractivity contribution in [2.24, 2.45) is 0 Å². The molecule has 0 fully saturated rings. The normalized spacial score (nSPS) is 10.8. The van der Waals surface area contributed by atoms with Crippen LogP contribution in [0.2, 0.25) is 0 Å². The molecule has 0 heterocycles. The van der Waals surface area contributed by atoms with Crippen LogP contribution in [0.15, 0.2) is 24.3 Å². The molecule has 1 rings (SSSR count). The average Bonchev–Trinajstić information content (AvgIpc) is 2.41. The van der Waals surface area contributed by atoms with Crippen molar-refractivity contribution in [2.75, 3.05) is 11.5 Å². The maximum atomic E-state index is 2.30. The second kappa shape index (κ2) is 10.8. The standard InChI is InChI=1S/C16H26S2/c1-3-5-11-17-13-15-7-9-16(10-8-15)14-18-12-6-4-2/h7-10H,3-6,11-14H2,1-2H3. The summed E-state index contributed by atoms with van der Waals surface area (Å²) >= 11 is 4.11. The summed E-state index contributed by atoms with van der Waals surface area (Å²) in [6.07, 6.45) is 5.30. The van der Waals surface area contributed by atoms with E-state index in [2.05, 4.69) is 61.6 Å². The molecule has 1 aromatic carbocycles. The van der Waals surface area contributed by atoms with Crippen molar-refractivity contribution in [3.05, 3.63) is 35.4 Å². The molecular weight excluding hydrogens is 256 g/mol. The van der Waals surface area contributed by atoms with Gasteiger partial charge in [0.25, 0.3) is 0 Å². The molecule has 0 aliphatic heterocycles. The lowest BCUT2D eigenvalue weighted by Gasteiger charge is -2.04. The van der Waals surface area contributed by atoms with Crippen LogP contribution in [-0.4, -0.2) is 11.5 Å². The number of hydrogen-bond donors (Lipinski definition) is 0. The number of hydrogen-bond acceptors (Lipinski definition) is 2. The summed E-state index contributed by atoms with van der Waals surface area (Å²) in [6, 6.07) is 9.20. The summed E-state index contributed by atoms with van der Waals surface area (Å²) in [5.41, 5.74) is 2.94. The Morgan fingerprint density at radius 1 is 0.722 bits per heavy atom. The molecule has 0 saturated carbocycles. The average molecular weight is 283 g/mol. The predicted octanol–water partition coefficient (Wildman–Crippen LogP) is 5.75. The Balaban J connectivity index is 2.20. The Kier molecular flexibility index (Phi) is 9.59. The zero-order valence-corrected chi connectivity index (χ0v) is 13.4. The van der Waals surface area contributed by atoms with Crippen molar-refractivity contribution >= 4 is 23.5 Å². The monoisotopic (exact) mass is 282 g/mol. The maximum absolute atomic E-state index is 2.30. The van der Waals surface area contributed by atoms with E-state index in [4.69, 9.17) is 0 Å². The van der Waals surface area contributed by atoms with E-state index in [-0.39, 0.29) is 0 Å². The molecule has 0 aliphatic rings. The Labute approximate surface area is 121 Å². The van der Waals surface area contributed by atoms with Gasteiger partial charge in [0.05, 0.1) is 0 Å². The van der Waals surface area contributed by atoms with Gasteiger partial charge in [-0.2, -0.15) is 23.5 Å². The molecule has 0 atom stereocenters. The zero-order valence-electron chi connectivity index (χ0n) is 11.8. The molecule has 0 unspecified atom stereocenters. The van der Waals surface area contributed by atoms with Crippen molar-refractivity contribution in [1.82, 2.24) is 0 Å². The van der Waals surface area contributed by atoms with E-state index in [1.165, 1.54) is 59.8 Å². The summed E-state index contributed by atoms with van der Waals surface area (Å²) in [5.74, 6) is 4.93. The number of rotatable bonds is 10. The molecule has 0 aliphatic carbocycles. The molecule has 0 bridgehead atoms. The fraction of sp³-hybridized carbons (Fsp3) is 0.625. The lowest BCUT2D eigenvalue weighted by atomic mass is 10.2. The van der Waals surface area contributed by atoms with Gasteiger partial charge in [0.15, 0.2) is 0 Å². The van der Waals surface area contributed by atoms with Gasteiger partial charge in [0.1, 0.15) is 0 Å². The molecule has 0 saturated heterocycles. The molecule has 0 spiro atoms. The van der Waals surface area contributed by atoms with Crippen LogP contribution in [0, 0.1) is 0 Å². The largest absolute Gasteiger partial charge is 0.157 e. The van der Waals surface area contributed by atoms with E-state index in [0.29, 0.717) is 0 Å². The third-order valence-corrected chi connectivity index (χ3v) is 5.07. The van der Waals surface area contributed by atoms with E-state index < -0.39 is 0 Å². The highest BCUT2D eigenvalue weighted by Crippen LogP contribution is 2.17. The van der Waals surface area contributed by atoms with Crippen LogP contribution in [0.3, 0.4) is 0 Å². The first-order chi connectivity index (χ1) is 8.86. The molecule has 1 aromatic rings. The second-order valence-electron chi connectivity index (χ2n) is 4.63. The Morgan fingerprint density at radius 3 is 1.44 bits per heavy atom. The van der Waals surface area contributed by atoms with E-state index in [1.807, 2.05) is 0 Å². The van der Waals surface area contributed by atoms with Crippen molar-refractivity contribution in [2.45, 2.75) is 51.0 Å². The quantitative estimate of drug-likeness (QED) is 0.501. The number of thioether (sulfide) groups is 2. The molecule has 0 aromatic heterocycles. The first kappa shape index (κ1) is 16.0.